The van der Waals surface area contributed by atoms with Crippen molar-refractivity contribution in [1.29, 1.82) is 0 Å². The van der Waals surface area contributed by atoms with Gasteiger partial charge in [-0.05, 0) is 32.4 Å². The molecule has 0 amide bonds. The van der Waals surface area contributed by atoms with Gasteiger partial charge in [0.2, 0.25) is 0 Å². The molecule has 4 nitrogen and oxygen atoms in total. The van der Waals surface area contributed by atoms with Crippen molar-refractivity contribution in [1.82, 2.24) is 0 Å². The van der Waals surface area contributed by atoms with E-state index in [2.05, 4.69) is 19.2 Å². The molecule has 0 aliphatic heterocycles. The minimum Gasteiger partial charge on any atom is -0.462 e. The highest BCUT2D eigenvalue weighted by Gasteiger charge is 2.15. The molecule has 1 rings (SSSR count). The third-order valence-electron chi connectivity index (χ3n) is 2.70. The molecule has 18 heavy (non-hydrogen) atoms. The van der Waals surface area contributed by atoms with E-state index in [1.165, 1.54) is 0 Å². The van der Waals surface area contributed by atoms with E-state index in [0.717, 1.165) is 12.8 Å². The lowest BCUT2D eigenvalue weighted by Gasteiger charge is -2.18. The number of nitrogens with one attached hydrogen (secondary N) is 1. The molecule has 0 heterocycles. The van der Waals surface area contributed by atoms with Crippen molar-refractivity contribution in [2.24, 2.45) is 0 Å². The van der Waals surface area contributed by atoms with Crippen LogP contribution in [0.1, 0.15) is 44.0 Å². The van der Waals surface area contributed by atoms with Crippen molar-refractivity contribution in [3.05, 3.63) is 23.8 Å². The maximum atomic E-state index is 11.8. The summed E-state index contributed by atoms with van der Waals surface area (Å²) >= 11 is 0. The van der Waals surface area contributed by atoms with E-state index >= 15 is 0 Å². The average molecular weight is 250 g/mol. The number of carbonyl (C=O) groups is 1. The van der Waals surface area contributed by atoms with Crippen molar-refractivity contribution >= 4 is 17.3 Å². The topological polar surface area (TPSA) is 64.3 Å². The molecule has 0 spiro atoms. The zero-order valence-corrected chi connectivity index (χ0v) is 11.3. The van der Waals surface area contributed by atoms with E-state index in [9.17, 15) is 4.79 Å². The van der Waals surface area contributed by atoms with Crippen LogP contribution in [0.3, 0.4) is 0 Å². The molecule has 1 aromatic rings. The number of hydrogen-bond donors (Lipinski definition) is 2. The molecular formula is C14H22N2O2. The first kappa shape index (κ1) is 14.4. The number of anilines is 2. The second kappa shape index (κ2) is 6.89. The van der Waals surface area contributed by atoms with Gasteiger partial charge in [0.25, 0.3) is 0 Å². The number of benzene rings is 1. The largest absolute Gasteiger partial charge is 0.462 e. The molecule has 0 saturated heterocycles. The molecule has 4 heteroatoms. The second-order valence-corrected chi connectivity index (χ2v) is 4.32. The third kappa shape index (κ3) is 3.65. The zero-order chi connectivity index (χ0) is 13.5. The molecule has 0 aromatic heterocycles. The standard InChI is InChI=1S/C14H22N2O2/c1-4-7-10(3)16-13-11(14(17)18-5-2)8-6-9-12(13)15/h6,8-10,16H,4-5,7,15H2,1-3H3. The molecule has 0 bridgehead atoms. The van der Waals surface area contributed by atoms with Crippen molar-refractivity contribution in [2.45, 2.75) is 39.7 Å². The van der Waals surface area contributed by atoms with Crippen LogP contribution in [0.25, 0.3) is 0 Å². The van der Waals surface area contributed by atoms with E-state index in [1.807, 2.05) is 0 Å². The Morgan fingerprint density at radius 1 is 1.44 bits per heavy atom. The van der Waals surface area contributed by atoms with E-state index in [-0.39, 0.29) is 12.0 Å². The normalized spacial score (nSPS) is 11.9. The molecule has 1 aromatic carbocycles. The summed E-state index contributed by atoms with van der Waals surface area (Å²) in [7, 11) is 0. The van der Waals surface area contributed by atoms with Crippen LogP contribution < -0.4 is 11.1 Å². The third-order valence-corrected chi connectivity index (χ3v) is 2.70. The summed E-state index contributed by atoms with van der Waals surface area (Å²) in [6.07, 6.45) is 2.10. The van der Waals surface area contributed by atoms with Gasteiger partial charge in [0.1, 0.15) is 0 Å². The first-order valence-corrected chi connectivity index (χ1v) is 6.42. The molecule has 0 radical (unpaired) electrons. The predicted octanol–water partition coefficient (Wildman–Crippen LogP) is 3.05. The Hall–Kier alpha value is -1.71. The Labute approximate surface area is 109 Å². The lowest BCUT2D eigenvalue weighted by Crippen LogP contribution is -2.19. The smallest absolute Gasteiger partial charge is 0.340 e. The van der Waals surface area contributed by atoms with Crippen molar-refractivity contribution in [3.8, 4) is 0 Å². The molecule has 100 valence electrons. The number of ether oxygens (including phenoxy) is 1. The Morgan fingerprint density at radius 2 is 2.17 bits per heavy atom. The van der Waals surface area contributed by atoms with Crippen LogP contribution in [-0.2, 0) is 4.74 Å². The number of nitrogen functional groups attached to an aromatic ring is 1. The summed E-state index contributed by atoms with van der Waals surface area (Å²) in [6.45, 7) is 6.35. The summed E-state index contributed by atoms with van der Waals surface area (Å²) in [5.74, 6) is -0.337. The number of para-hydroxylation sites is 1. The summed E-state index contributed by atoms with van der Waals surface area (Å²) < 4.78 is 5.03. The first-order chi connectivity index (χ1) is 8.60. The number of nitrogens with two attached hydrogens (primary N) is 1. The lowest BCUT2D eigenvalue weighted by atomic mass is 10.1. The van der Waals surface area contributed by atoms with Crippen molar-refractivity contribution in [3.63, 3.8) is 0 Å². The zero-order valence-electron chi connectivity index (χ0n) is 11.3. The molecule has 0 aliphatic rings. The highest BCUT2D eigenvalue weighted by Crippen LogP contribution is 2.25. The molecule has 0 aliphatic carbocycles. The van der Waals surface area contributed by atoms with E-state index in [0.29, 0.717) is 23.5 Å². The second-order valence-electron chi connectivity index (χ2n) is 4.32. The number of esters is 1. The number of rotatable bonds is 6. The van der Waals surface area contributed by atoms with Crippen LogP contribution in [0.4, 0.5) is 11.4 Å². The van der Waals surface area contributed by atoms with Crippen LogP contribution in [0, 0.1) is 0 Å². The van der Waals surface area contributed by atoms with Gasteiger partial charge in [0.05, 0.1) is 23.5 Å². The summed E-state index contributed by atoms with van der Waals surface area (Å²) in [5, 5.41) is 3.29. The van der Waals surface area contributed by atoms with E-state index in [4.69, 9.17) is 10.5 Å². The molecule has 1 atom stereocenters. The van der Waals surface area contributed by atoms with Crippen LogP contribution in [0.2, 0.25) is 0 Å². The molecule has 0 saturated carbocycles. The van der Waals surface area contributed by atoms with Gasteiger partial charge in [-0.3, -0.25) is 0 Å². The van der Waals surface area contributed by atoms with Gasteiger partial charge in [-0.25, -0.2) is 4.79 Å². The van der Waals surface area contributed by atoms with Crippen molar-refractivity contribution in [2.75, 3.05) is 17.7 Å². The van der Waals surface area contributed by atoms with Crippen LogP contribution in [0.5, 0.6) is 0 Å². The fourth-order valence-corrected chi connectivity index (χ4v) is 1.86. The van der Waals surface area contributed by atoms with Gasteiger partial charge in [0, 0.05) is 6.04 Å². The van der Waals surface area contributed by atoms with Crippen molar-refractivity contribution < 1.29 is 9.53 Å². The maximum Gasteiger partial charge on any atom is 0.340 e. The minimum atomic E-state index is -0.337. The monoisotopic (exact) mass is 250 g/mol. The predicted molar refractivity (Wildman–Crippen MR) is 74.8 cm³/mol. The summed E-state index contributed by atoms with van der Waals surface area (Å²) in [4.78, 5) is 11.8. The van der Waals surface area contributed by atoms with E-state index < -0.39 is 0 Å². The summed E-state index contributed by atoms with van der Waals surface area (Å²) in [6, 6.07) is 5.55. The number of carbonyl (C=O) groups excluding carboxylic acids is 1. The molecule has 0 fully saturated rings. The summed E-state index contributed by atoms with van der Waals surface area (Å²) in [5.41, 5.74) is 7.68. The lowest BCUT2D eigenvalue weighted by molar-refractivity contribution is 0.0527. The highest BCUT2D eigenvalue weighted by atomic mass is 16.5. The fourth-order valence-electron chi connectivity index (χ4n) is 1.86. The first-order valence-electron chi connectivity index (χ1n) is 6.42. The van der Waals surface area contributed by atoms with Gasteiger partial charge in [-0.2, -0.15) is 0 Å². The quantitative estimate of drug-likeness (QED) is 0.601. The Kier molecular flexibility index (Phi) is 5.49. The average Bonchev–Trinajstić information content (AvgIpc) is 2.32. The highest BCUT2D eigenvalue weighted by molar-refractivity contribution is 5.98. The molecular weight excluding hydrogens is 228 g/mol. The molecule has 3 N–H and O–H groups in total. The Balaban J connectivity index is 2.97. The fraction of sp³-hybridized carbons (Fsp3) is 0.500. The van der Waals surface area contributed by atoms with Gasteiger partial charge < -0.3 is 15.8 Å². The maximum absolute atomic E-state index is 11.8. The number of hydrogen-bond acceptors (Lipinski definition) is 4. The van der Waals surface area contributed by atoms with Gasteiger partial charge in [-0.1, -0.05) is 19.4 Å². The Bertz CT molecular complexity index is 405. The molecule has 1 unspecified atom stereocenters. The Morgan fingerprint density at radius 3 is 2.78 bits per heavy atom. The minimum absolute atomic E-state index is 0.271. The van der Waals surface area contributed by atoms with E-state index in [1.54, 1.807) is 25.1 Å². The van der Waals surface area contributed by atoms with Crippen LogP contribution in [0.15, 0.2) is 18.2 Å². The van der Waals surface area contributed by atoms with Gasteiger partial charge in [0.15, 0.2) is 0 Å². The van der Waals surface area contributed by atoms with Crippen LogP contribution in [-0.4, -0.2) is 18.6 Å². The van der Waals surface area contributed by atoms with Gasteiger partial charge in [-0.15, -0.1) is 0 Å². The van der Waals surface area contributed by atoms with Gasteiger partial charge >= 0.3 is 5.97 Å². The SMILES string of the molecule is CCCC(C)Nc1c(N)cccc1C(=O)OCC. The van der Waals surface area contributed by atoms with Crippen LogP contribution >= 0.6 is 0 Å².